The molecule has 0 saturated heterocycles. The predicted octanol–water partition coefficient (Wildman–Crippen LogP) is 3.12. The van der Waals surface area contributed by atoms with Gasteiger partial charge in [0, 0.05) is 5.92 Å². The van der Waals surface area contributed by atoms with Gasteiger partial charge in [0.1, 0.15) is 5.60 Å². The molecule has 1 fully saturated rings. The van der Waals surface area contributed by atoms with Gasteiger partial charge in [-0.1, -0.05) is 51.1 Å². The van der Waals surface area contributed by atoms with Gasteiger partial charge >= 0.3 is 0 Å². The minimum Gasteiger partial charge on any atom is -0.456 e. The SMILES string of the molecule is CC(C)(C)C1CC1(OC=O)c1ccccc1. The molecule has 86 valence electrons. The van der Waals surface area contributed by atoms with Crippen LogP contribution in [-0.2, 0) is 15.1 Å². The molecule has 1 aromatic carbocycles. The number of hydrogen-bond acceptors (Lipinski definition) is 2. The quantitative estimate of drug-likeness (QED) is 0.729. The highest BCUT2D eigenvalue weighted by Gasteiger charge is 2.62. The van der Waals surface area contributed by atoms with Gasteiger partial charge in [-0.25, -0.2) is 0 Å². The maximum absolute atomic E-state index is 10.7. The third kappa shape index (κ3) is 1.73. The summed E-state index contributed by atoms with van der Waals surface area (Å²) in [7, 11) is 0. The van der Waals surface area contributed by atoms with Crippen molar-refractivity contribution in [2.45, 2.75) is 32.8 Å². The summed E-state index contributed by atoms with van der Waals surface area (Å²) in [4.78, 5) is 10.7. The van der Waals surface area contributed by atoms with Crippen molar-refractivity contribution in [3.05, 3.63) is 35.9 Å². The van der Waals surface area contributed by atoms with Crippen LogP contribution in [0.3, 0.4) is 0 Å². The molecule has 0 aromatic heterocycles. The number of hydrogen-bond donors (Lipinski definition) is 0. The van der Waals surface area contributed by atoms with E-state index in [2.05, 4.69) is 20.8 Å². The summed E-state index contributed by atoms with van der Waals surface area (Å²) < 4.78 is 5.39. The molecule has 2 rings (SSSR count). The summed E-state index contributed by atoms with van der Waals surface area (Å²) in [5.41, 5.74) is 0.905. The first-order chi connectivity index (χ1) is 7.50. The molecule has 0 spiro atoms. The smallest absolute Gasteiger partial charge is 0.293 e. The average molecular weight is 218 g/mol. The molecule has 1 aliphatic rings. The topological polar surface area (TPSA) is 26.3 Å². The highest BCUT2D eigenvalue weighted by atomic mass is 16.5. The predicted molar refractivity (Wildman–Crippen MR) is 62.8 cm³/mol. The molecule has 2 nitrogen and oxygen atoms in total. The summed E-state index contributed by atoms with van der Waals surface area (Å²) in [6.07, 6.45) is 0.930. The van der Waals surface area contributed by atoms with Crippen molar-refractivity contribution in [2.24, 2.45) is 11.3 Å². The van der Waals surface area contributed by atoms with Crippen molar-refractivity contribution in [1.82, 2.24) is 0 Å². The monoisotopic (exact) mass is 218 g/mol. The maximum atomic E-state index is 10.7. The lowest BCUT2D eigenvalue weighted by atomic mass is 9.86. The van der Waals surface area contributed by atoms with E-state index in [4.69, 9.17) is 4.74 Å². The Kier molecular flexibility index (Phi) is 2.53. The summed E-state index contributed by atoms with van der Waals surface area (Å²) in [6, 6.07) is 10.0. The first-order valence-electron chi connectivity index (χ1n) is 5.68. The van der Waals surface area contributed by atoms with Crippen LogP contribution in [0.25, 0.3) is 0 Å². The lowest BCUT2D eigenvalue weighted by molar-refractivity contribution is -0.137. The van der Waals surface area contributed by atoms with Gasteiger partial charge in [-0.05, 0) is 17.4 Å². The van der Waals surface area contributed by atoms with Crippen LogP contribution in [0.4, 0.5) is 0 Å². The lowest BCUT2D eigenvalue weighted by Gasteiger charge is -2.24. The van der Waals surface area contributed by atoms with Crippen LogP contribution in [-0.4, -0.2) is 6.47 Å². The Hall–Kier alpha value is -1.31. The molecule has 0 amide bonds. The number of ether oxygens (including phenoxy) is 1. The summed E-state index contributed by atoms with van der Waals surface area (Å²) in [6.45, 7) is 7.16. The minimum atomic E-state index is -0.374. The second kappa shape index (κ2) is 3.62. The van der Waals surface area contributed by atoms with Crippen LogP contribution >= 0.6 is 0 Å². The lowest BCUT2D eigenvalue weighted by Crippen LogP contribution is -2.21. The van der Waals surface area contributed by atoms with Crippen LogP contribution in [0.5, 0.6) is 0 Å². The number of benzene rings is 1. The maximum Gasteiger partial charge on any atom is 0.293 e. The van der Waals surface area contributed by atoms with Crippen LogP contribution < -0.4 is 0 Å². The van der Waals surface area contributed by atoms with Crippen LogP contribution in [0, 0.1) is 11.3 Å². The van der Waals surface area contributed by atoms with Gasteiger partial charge in [0.2, 0.25) is 0 Å². The van der Waals surface area contributed by atoms with Crippen molar-refractivity contribution >= 4 is 6.47 Å². The van der Waals surface area contributed by atoms with E-state index in [1.807, 2.05) is 30.3 Å². The van der Waals surface area contributed by atoms with Crippen molar-refractivity contribution in [2.75, 3.05) is 0 Å². The van der Waals surface area contributed by atoms with Crippen LogP contribution in [0.2, 0.25) is 0 Å². The molecule has 2 atom stereocenters. The normalized spacial score (nSPS) is 28.6. The molecule has 16 heavy (non-hydrogen) atoms. The van der Waals surface area contributed by atoms with Gasteiger partial charge in [-0.3, -0.25) is 4.79 Å². The fourth-order valence-electron chi connectivity index (χ4n) is 2.57. The molecule has 0 bridgehead atoms. The van der Waals surface area contributed by atoms with Crippen molar-refractivity contribution in [1.29, 1.82) is 0 Å². The Morgan fingerprint density at radius 1 is 1.31 bits per heavy atom. The molecular formula is C14H18O2. The van der Waals surface area contributed by atoms with E-state index in [9.17, 15) is 4.79 Å². The van der Waals surface area contributed by atoms with E-state index < -0.39 is 0 Å². The summed E-state index contributed by atoms with van der Waals surface area (Å²) in [5.74, 6) is 0.410. The highest BCUT2D eigenvalue weighted by molar-refractivity contribution is 5.44. The summed E-state index contributed by atoms with van der Waals surface area (Å²) in [5, 5.41) is 0. The number of rotatable bonds is 3. The van der Waals surface area contributed by atoms with E-state index in [0.717, 1.165) is 12.0 Å². The van der Waals surface area contributed by atoms with Crippen LogP contribution in [0.1, 0.15) is 32.8 Å². The Labute approximate surface area is 96.6 Å². The van der Waals surface area contributed by atoms with Crippen molar-refractivity contribution < 1.29 is 9.53 Å². The molecule has 0 aliphatic heterocycles. The van der Waals surface area contributed by atoms with E-state index in [1.54, 1.807) is 0 Å². The zero-order chi connectivity index (χ0) is 11.8. The van der Waals surface area contributed by atoms with Gasteiger partial charge < -0.3 is 4.74 Å². The molecule has 0 heterocycles. The third-order valence-electron chi connectivity index (χ3n) is 3.48. The van der Waals surface area contributed by atoms with Gasteiger partial charge in [-0.2, -0.15) is 0 Å². The third-order valence-corrected chi connectivity index (χ3v) is 3.48. The van der Waals surface area contributed by atoms with Crippen molar-refractivity contribution in [3.63, 3.8) is 0 Å². The molecular weight excluding hydrogens is 200 g/mol. The van der Waals surface area contributed by atoms with E-state index in [-0.39, 0.29) is 11.0 Å². The average Bonchev–Trinajstić information content (AvgIpc) is 2.96. The van der Waals surface area contributed by atoms with E-state index >= 15 is 0 Å². The first-order valence-corrected chi connectivity index (χ1v) is 5.68. The molecule has 1 saturated carbocycles. The fourth-order valence-corrected chi connectivity index (χ4v) is 2.57. The Balaban J connectivity index is 2.31. The molecule has 1 aliphatic carbocycles. The van der Waals surface area contributed by atoms with Gasteiger partial charge in [-0.15, -0.1) is 0 Å². The van der Waals surface area contributed by atoms with E-state index in [0.29, 0.717) is 12.4 Å². The largest absolute Gasteiger partial charge is 0.456 e. The molecule has 2 heteroatoms. The Morgan fingerprint density at radius 2 is 1.94 bits per heavy atom. The Morgan fingerprint density at radius 3 is 2.38 bits per heavy atom. The number of carbonyl (C=O) groups excluding carboxylic acids is 1. The zero-order valence-electron chi connectivity index (χ0n) is 10.1. The molecule has 2 unspecified atom stereocenters. The number of carbonyl (C=O) groups is 1. The molecule has 0 N–H and O–H groups in total. The van der Waals surface area contributed by atoms with Gasteiger partial charge in [0.05, 0.1) is 0 Å². The van der Waals surface area contributed by atoms with E-state index in [1.165, 1.54) is 0 Å². The molecule has 0 radical (unpaired) electrons. The zero-order valence-corrected chi connectivity index (χ0v) is 10.1. The van der Waals surface area contributed by atoms with Gasteiger partial charge in [0.25, 0.3) is 6.47 Å². The van der Waals surface area contributed by atoms with Crippen molar-refractivity contribution in [3.8, 4) is 0 Å². The molecule has 1 aromatic rings. The second-order valence-electron chi connectivity index (χ2n) is 5.59. The van der Waals surface area contributed by atoms with Crippen LogP contribution in [0.15, 0.2) is 30.3 Å². The standard InChI is InChI=1S/C14H18O2/c1-13(2,3)12-9-14(12,16-10-15)11-7-5-4-6-8-11/h4-8,10,12H,9H2,1-3H3. The highest BCUT2D eigenvalue weighted by Crippen LogP contribution is 2.62. The summed E-state index contributed by atoms with van der Waals surface area (Å²) >= 11 is 0. The Bertz CT molecular complexity index is 377. The second-order valence-corrected chi connectivity index (χ2v) is 5.59. The minimum absolute atomic E-state index is 0.166. The first kappa shape index (κ1) is 11.2. The fraction of sp³-hybridized carbons (Fsp3) is 0.500. The van der Waals surface area contributed by atoms with Gasteiger partial charge in [0.15, 0.2) is 0 Å².